The fourth-order valence-electron chi connectivity index (χ4n) is 4.12. The Morgan fingerprint density at radius 3 is 2.72 bits per heavy atom. The van der Waals surface area contributed by atoms with Crippen LogP contribution < -0.4 is 10.6 Å². The molecule has 0 spiro atoms. The molecule has 2 aliphatic heterocycles. The molecule has 1 amide bonds. The van der Waals surface area contributed by atoms with E-state index in [9.17, 15) is 4.79 Å². The summed E-state index contributed by atoms with van der Waals surface area (Å²) in [5, 5.41) is 19.8. The van der Waals surface area contributed by atoms with Gasteiger partial charge in [0.15, 0.2) is 5.82 Å². The van der Waals surface area contributed by atoms with Gasteiger partial charge in [0.1, 0.15) is 0 Å². The van der Waals surface area contributed by atoms with E-state index in [2.05, 4.69) is 60.7 Å². The largest absolute Gasteiger partial charge is 0.378 e. The lowest BCUT2D eigenvalue weighted by Gasteiger charge is -2.43. The molecule has 9 heteroatoms. The summed E-state index contributed by atoms with van der Waals surface area (Å²) in [7, 11) is 0. The minimum Gasteiger partial charge on any atom is -0.378 e. The van der Waals surface area contributed by atoms with E-state index in [-0.39, 0.29) is 28.8 Å². The van der Waals surface area contributed by atoms with Gasteiger partial charge in [0.05, 0.1) is 19.8 Å². The summed E-state index contributed by atoms with van der Waals surface area (Å²) in [6, 6.07) is 0.465. The summed E-state index contributed by atoms with van der Waals surface area (Å²) < 4.78 is 5.59. The minimum absolute atomic E-state index is 0.0485. The van der Waals surface area contributed by atoms with Gasteiger partial charge in [0, 0.05) is 56.5 Å². The molecular formula is C20H37N7O2. The van der Waals surface area contributed by atoms with E-state index in [0.29, 0.717) is 31.8 Å². The molecule has 0 radical (unpaired) electrons. The van der Waals surface area contributed by atoms with Crippen molar-refractivity contribution in [2.45, 2.75) is 66.1 Å². The van der Waals surface area contributed by atoms with Crippen LogP contribution in [0.5, 0.6) is 0 Å². The lowest BCUT2D eigenvalue weighted by Crippen LogP contribution is -2.58. The zero-order valence-electron chi connectivity index (χ0n) is 18.6. The molecule has 0 aliphatic carbocycles. The zero-order chi connectivity index (χ0) is 21.1. The van der Waals surface area contributed by atoms with Gasteiger partial charge in [-0.2, -0.15) is 4.80 Å². The van der Waals surface area contributed by atoms with Crippen molar-refractivity contribution in [2.24, 2.45) is 10.8 Å². The maximum Gasteiger partial charge on any atom is 0.223 e. The molecule has 0 aromatic carbocycles. The molecule has 29 heavy (non-hydrogen) atoms. The third kappa shape index (κ3) is 5.73. The maximum atomic E-state index is 12.9. The second kappa shape index (κ2) is 9.06. The van der Waals surface area contributed by atoms with Crippen LogP contribution in [0.2, 0.25) is 0 Å². The molecule has 2 aliphatic rings. The Labute approximate surface area is 173 Å². The van der Waals surface area contributed by atoms with Crippen molar-refractivity contribution in [1.82, 2.24) is 35.7 Å². The molecule has 1 aromatic heterocycles. The van der Waals surface area contributed by atoms with E-state index in [1.54, 1.807) is 4.80 Å². The van der Waals surface area contributed by atoms with Crippen molar-refractivity contribution in [3.05, 3.63) is 5.82 Å². The van der Waals surface area contributed by atoms with Crippen LogP contribution in [0.15, 0.2) is 0 Å². The Morgan fingerprint density at radius 1 is 1.24 bits per heavy atom. The number of hydrogen-bond acceptors (Lipinski definition) is 7. The molecular weight excluding hydrogens is 370 g/mol. The van der Waals surface area contributed by atoms with Crippen LogP contribution in [0.3, 0.4) is 0 Å². The number of tetrazole rings is 1. The molecule has 2 N–H and O–H groups in total. The van der Waals surface area contributed by atoms with Gasteiger partial charge in [-0.1, -0.05) is 34.6 Å². The Balaban J connectivity index is 1.54. The molecule has 2 saturated heterocycles. The fourth-order valence-corrected chi connectivity index (χ4v) is 4.12. The highest BCUT2D eigenvalue weighted by Gasteiger charge is 2.35. The Morgan fingerprint density at radius 2 is 2.03 bits per heavy atom. The average molecular weight is 408 g/mol. The van der Waals surface area contributed by atoms with Crippen molar-refractivity contribution >= 4 is 5.91 Å². The number of carbonyl (C=O) groups is 1. The van der Waals surface area contributed by atoms with Crippen molar-refractivity contribution in [2.75, 3.05) is 39.4 Å². The SMILES string of the molecule is CC(C)(C)C1CNCCN1C(=O)CCc1nnn(CC(C)(C)C2COCCN2)n1. The standard InChI is InChI=1S/C20H37N7O2/c1-19(2,3)16-12-21-8-10-26(16)18(28)7-6-17-23-25-27(24-17)14-20(4,5)15-13-29-11-9-22-15/h15-16,21-22H,6-14H2,1-5H3. The number of rotatable bonds is 6. The maximum absolute atomic E-state index is 12.9. The number of morpholine rings is 1. The van der Waals surface area contributed by atoms with E-state index >= 15 is 0 Å². The van der Waals surface area contributed by atoms with Crippen LogP contribution >= 0.6 is 0 Å². The predicted molar refractivity (Wildman–Crippen MR) is 110 cm³/mol. The minimum atomic E-state index is -0.0606. The first-order valence-electron chi connectivity index (χ1n) is 10.7. The molecule has 0 bridgehead atoms. The topological polar surface area (TPSA) is 97.2 Å². The monoisotopic (exact) mass is 407 g/mol. The number of nitrogens with one attached hydrogen (secondary N) is 2. The summed E-state index contributed by atoms with van der Waals surface area (Å²) in [5.41, 5.74) is -0.0120. The van der Waals surface area contributed by atoms with Gasteiger partial charge in [-0.3, -0.25) is 4.79 Å². The summed E-state index contributed by atoms with van der Waals surface area (Å²) in [4.78, 5) is 16.5. The Hall–Kier alpha value is -1.58. The van der Waals surface area contributed by atoms with Gasteiger partial charge in [0.25, 0.3) is 0 Å². The first kappa shape index (κ1) is 22.1. The Bertz CT molecular complexity index is 677. The molecule has 2 atom stereocenters. The molecule has 164 valence electrons. The lowest BCUT2D eigenvalue weighted by atomic mass is 9.84. The predicted octanol–water partition coefficient (Wildman–Crippen LogP) is 0.467. The first-order chi connectivity index (χ1) is 13.7. The quantitative estimate of drug-likeness (QED) is 0.707. The van der Waals surface area contributed by atoms with Gasteiger partial charge in [-0.25, -0.2) is 0 Å². The van der Waals surface area contributed by atoms with Gasteiger partial charge in [0.2, 0.25) is 5.91 Å². The molecule has 1 aromatic rings. The van der Waals surface area contributed by atoms with Crippen LogP contribution in [0.25, 0.3) is 0 Å². The first-order valence-corrected chi connectivity index (χ1v) is 10.7. The fraction of sp³-hybridized carbons (Fsp3) is 0.900. The van der Waals surface area contributed by atoms with Crippen LogP contribution in [0.4, 0.5) is 0 Å². The summed E-state index contributed by atoms with van der Waals surface area (Å²) in [6.07, 6.45) is 0.935. The number of nitrogens with zero attached hydrogens (tertiary/aromatic N) is 5. The summed E-state index contributed by atoms with van der Waals surface area (Å²) in [6.45, 7) is 16.4. The molecule has 2 unspecified atom stereocenters. The van der Waals surface area contributed by atoms with Gasteiger partial charge >= 0.3 is 0 Å². The van der Waals surface area contributed by atoms with Gasteiger partial charge < -0.3 is 20.3 Å². The van der Waals surface area contributed by atoms with E-state index in [0.717, 1.165) is 32.8 Å². The number of aromatic nitrogens is 4. The Kier molecular flexibility index (Phi) is 6.90. The number of amides is 1. The smallest absolute Gasteiger partial charge is 0.223 e. The lowest BCUT2D eigenvalue weighted by molar-refractivity contribution is -0.137. The van der Waals surface area contributed by atoms with Gasteiger partial charge in [-0.05, 0) is 10.6 Å². The third-order valence-corrected chi connectivity index (χ3v) is 6.03. The number of hydrogen-bond donors (Lipinski definition) is 2. The molecule has 0 saturated carbocycles. The van der Waals surface area contributed by atoms with Crippen LogP contribution in [-0.4, -0.2) is 82.5 Å². The van der Waals surface area contributed by atoms with Crippen LogP contribution in [0, 0.1) is 10.8 Å². The highest BCUT2D eigenvalue weighted by molar-refractivity contribution is 5.77. The van der Waals surface area contributed by atoms with Crippen molar-refractivity contribution < 1.29 is 9.53 Å². The van der Waals surface area contributed by atoms with Crippen LogP contribution in [0.1, 0.15) is 46.9 Å². The van der Waals surface area contributed by atoms with Crippen LogP contribution in [-0.2, 0) is 22.5 Å². The number of ether oxygens (including phenoxy) is 1. The van der Waals surface area contributed by atoms with E-state index in [4.69, 9.17) is 4.74 Å². The average Bonchev–Trinajstić information content (AvgIpc) is 3.13. The normalized spacial score (nSPS) is 24.0. The number of aryl methyl sites for hydroxylation is 1. The summed E-state index contributed by atoms with van der Waals surface area (Å²) in [5.74, 6) is 0.802. The van der Waals surface area contributed by atoms with Crippen molar-refractivity contribution in [3.63, 3.8) is 0 Å². The van der Waals surface area contributed by atoms with E-state index < -0.39 is 0 Å². The molecule has 3 heterocycles. The molecule has 2 fully saturated rings. The third-order valence-electron chi connectivity index (χ3n) is 6.03. The molecule has 3 rings (SSSR count). The van der Waals surface area contributed by atoms with E-state index in [1.807, 2.05) is 4.90 Å². The van der Waals surface area contributed by atoms with Crippen molar-refractivity contribution in [3.8, 4) is 0 Å². The van der Waals surface area contributed by atoms with Gasteiger partial charge in [-0.15, -0.1) is 10.2 Å². The van der Waals surface area contributed by atoms with Crippen molar-refractivity contribution in [1.29, 1.82) is 0 Å². The van der Waals surface area contributed by atoms with E-state index in [1.165, 1.54) is 0 Å². The highest BCUT2D eigenvalue weighted by Crippen LogP contribution is 2.26. The highest BCUT2D eigenvalue weighted by atomic mass is 16.5. The zero-order valence-corrected chi connectivity index (χ0v) is 18.6. The second-order valence-corrected chi connectivity index (χ2v) is 9.98. The number of carbonyl (C=O) groups excluding carboxylic acids is 1. The number of piperazine rings is 1. The molecule has 9 nitrogen and oxygen atoms in total. The summed E-state index contributed by atoms with van der Waals surface area (Å²) >= 11 is 0. The second-order valence-electron chi connectivity index (χ2n) is 9.98.